The number of nitrogens with one attached hydrogen (secondary N) is 2. The van der Waals surface area contributed by atoms with E-state index in [2.05, 4.69) is 10.3 Å². The predicted octanol–water partition coefficient (Wildman–Crippen LogP) is 4.87. The van der Waals surface area contributed by atoms with Crippen molar-refractivity contribution in [3.05, 3.63) is 84.1 Å². The van der Waals surface area contributed by atoms with Crippen LogP contribution in [0.2, 0.25) is 0 Å². The van der Waals surface area contributed by atoms with Crippen molar-refractivity contribution in [2.75, 3.05) is 27.9 Å². The van der Waals surface area contributed by atoms with Crippen molar-refractivity contribution in [3.8, 4) is 28.5 Å². The van der Waals surface area contributed by atoms with E-state index in [0.717, 1.165) is 27.4 Å². The molecule has 8 nitrogen and oxygen atoms in total. The average molecular weight is 498 g/mol. The van der Waals surface area contributed by atoms with Gasteiger partial charge in [-0.05, 0) is 29.8 Å². The van der Waals surface area contributed by atoms with E-state index in [1.54, 1.807) is 39.5 Å². The maximum Gasteiger partial charge on any atom is 0.270 e. The van der Waals surface area contributed by atoms with E-state index in [1.807, 2.05) is 54.6 Å². The second kappa shape index (κ2) is 10.2. The number of carbonyl (C=O) groups excluding carboxylic acids is 1. The number of amides is 1. The van der Waals surface area contributed by atoms with Crippen molar-refractivity contribution in [2.24, 2.45) is 0 Å². The number of hydrogen-bond donors (Lipinski definition) is 3. The smallest absolute Gasteiger partial charge is 0.270 e. The van der Waals surface area contributed by atoms with E-state index in [-0.39, 0.29) is 12.2 Å². The Morgan fingerprint density at radius 2 is 1.59 bits per heavy atom. The zero-order valence-electron chi connectivity index (χ0n) is 20.7. The van der Waals surface area contributed by atoms with Crippen LogP contribution in [0, 0.1) is 0 Å². The fraction of sp³-hybridized carbons (Fsp3) is 0.172. The highest BCUT2D eigenvalue weighted by atomic mass is 16.5. The highest BCUT2D eigenvalue weighted by Gasteiger charge is 2.21. The Balaban J connectivity index is 1.61. The molecule has 0 spiro atoms. The molecule has 0 saturated carbocycles. The number of H-pyrrole nitrogens is 1. The lowest BCUT2D eigenvalue weighted by atomic mass is 10.0. The molecule has 3 N–H and O–H groups in total. The summed E-state index contributed by atoms with van der Waals surface area (Å²) < 4.78 is 16.6. The largest absolute Gasteiger partial charge is 0.493 e. The monoisotopic (exact) mass is 497 g/mol. The van der Waals surface area contributed by atoms with E-state index in [4.69, 9.17) is 19.2 Å². The molecule has 0 aliphatic heterocycles. The van der Waals surface area contributed by atoms with Gasteiger partial charge in [-0.25, -0.2) is 4.98 Å². The van der Waals surface area contributed by atoms with Crippen LogP contribution in [0.5, 0.6) is 17.2 Å². The van der Waals surface area contributed by atoms with Crippen molar-refractivity contribution in [1.29, 1.82) is 0 Å². The maximum absolute atomic E-state index is 13.2. The van der Waals surface area contributed by atoms with Crippen LogP contribution in [0.25, 0.3) is 33.1 Å². The van der Waals surface area contributed by atoms with Gasteiger partial charge >= 0.3 is 0 Å². The molecule has 0 saturated heterocycles. The summed E-state index contributed by atoms with van der Waals surface area (Å²) in [6, 6.07) is 22.4. The van der Waals surface area contributed by atoms with Gasteiger partial charge in [0, 0.05) is 28.4 Å². The zero-order chi connectivity index (χ0) is 25.9. The molecule has 0 bridgehead atoms. The number of aliphatic hydroxyl groups is 1. The maximum atomic E-state index is 13.2. The fourth-order valence-corrected chi connectivity index (χ4v) is 4.46. The number of methoxy groups -OCH3 is 3. The minimum Gasteiger partial charge on any atom is -0.493 e. The van der Waals surface area contributed by atoms with Gasteiger partial charge in [-0.3, -0.25) is 4.79 Å². The van der Waals surface area contributed by atoms with E-state index in [0.29, 0.717) is 28.5 Å². The predicted molar refractivity (Wildman–Crippen MR) is 142 cm³/mol. The molecule has 188 valence electrons. The van der Waals surface area contributed by atoms with Crippen molar-refractivity contribution >= 4 is 27.7 Å². The summed E-state index contributed by atoms with van der Waals surface area (Å²) >= 11 is 0. The summed E-state index contributed by atoms with van der Waals surface area (Å²) in [5, 5.41) is 15.1. The minimum atomic E-state index is -0.837. The third-order valence-electron chi connectivity index (χ3n) is 6.31. The number of carbonyl (C=O) groups is 1. The van der Waals surface area contributed by atoms with Gasteiger partial charge in [-0.15, -0.1) is 0 Å². The van der Waals surface area contributed by atoms with Gasteiger partial charge in [0.15, 0.2) is 11.5 Å². The fourth-order valence-electron chi connectivity index (χ4n) is 4.46. The molecule has 2 heterocycles. The van der Waals surface area contributed by atoms with E-state index < -0.39 is 12.0 Å². The quantitative estimate of drug-likeness (QED) is 0.282. The standard InChI is InChI=1S/C29H27N3O5/c1-35-24-13-18(14-25(36-2)28(24)37-3)26-27-20(19-11-7-8-12-21(19)31-27)15-22(32-26)29(34)30-16-23(33)17-9-5-4-6-10-17/h4-15,23,31,33H,16H2,1-3H3,(H,30,34). The Labute approximate surface area is 213 Å². The minimum absolute atomic E-state index is 0.0516. The molecule has 0 fully saturated rings. The second-order valence-corrected chi connectivity index (χ2v) is 8.50. The van der Waals surface area contributed by atoms with Crippen molar-refractivity contribution in [3.63, 3.8) is 0 Å². The van der Waals surface area contributed by atoms with Crippen molar-refractivity contribution in [1.82, 2.24) is 15.3 Å². The van der Waals surface area contributed by atoms with Gasteiger partial charge in [0.25, 0.3) is 5.91 Å². The van der Waals surface area contributed by atoms with Gasteiger partial charge in [-0.1, -0.05) is 48.5 Å². The van der Waals surface area contributed by atoms with Gasteiger partial charge in [-0.2, -0.15) is 0 Å². The lowest BCUT2D eigenvalue weighted by molar-refractivity contribution is 0.0911. The molecular formula is C29H27N3O5. The first kappa shape index (κ1) is 24.1. The van der Waals surface area contributed by atoms with Crippen LogP contribution in [0.3, 0.4) is 0 Å². The van der Waals surface area contributed by atoms with Gasteiger partial charge in [0.05, 0.1) is 38.6 Å². The number of aromatic amines is 1. The lowest BCUT2D eigenvalue weighted by Gasteiger charge is -2.15. The number of para-hydroxylation sites is 1. The first-order valence-electron chi connectivity index (χ1n) is 11.8. The van der Waals surface area contributed by atoms with Gasteiger partial charge in [0.2, 0.25) is 5.75 Å². The lowest BCUT2D eigenvalue weighted by Crippen LogP contribution is -2.29. The highest BCUT2D eigenvalue weighted by Crippen LogP contribution is 2.42. The van der Waals surface area contributed by atoms with Crippen LogP contribution in [0.15, 0.2) is 72.8 Å². The van der Waals surface area contributed by atoms with E-state index >= 15 is 0 Å². The van der Waals surface area contributed by atoms with Crippen molar-refractivity contribution < 1.29 is 24.1 Å². The number of hydrogen-bond acceptors (Lipinski definition) is 6. The number of pyridine rings is 1. The molecule has 8 heteroatoms. The number of benzene rings is 3. The zero-order valence-corrected chi connectivity index (χ0v) is 20.7. The molecule has 1 unspecified atom stereocenters. The number of aromatic nitrogens is 2. The van der Waals surface area contributed by atoms with Crippen LogP contribution in [0.4, 0.5) is 0 Å². The summed E-state index contributed by atoms with van der Waals surface area (Å²) in [6.07, 6.45) is -0.837. The highest BCUT2D eigenvalue weighted by molar-refractivity contribution is 6.13. The summed E-state index contributed by atoms with van der Waals surface area (Å²) in [6.45, 7) is 0.0516. The summed E-state index contributed by atoms with van der Waals surface area (Å²) in [5.41, 5.74) is 3.88. The Morgan fingerprint density at radius 3 is 2.27 bits per heavy atom. The number of aliphatic hydroxyl groups excluding tert-OH is 1. The van der Waals surface area contributed by atoms with Crippen LogP contribution in [-0.2, 0) is 0 Å². The molecule has 1 atom stereocenters. The molecule has 0 radical (unpaired) electrons. The van der Waals surface area contributed by atoms with Crippen molar-refractivity contribution in [2.45, 2.75) is 6.10 Å². The third kappa shape index (κ3) is 4.54. The van der Waals surface area contributed by atoms with Crippen LogP contribution >= 0.6 is 0 Å². The summed E-state index contributed by atoms with van der Waals surface area (Å²) in [5.74, 6) is 1.02. The Kier molecular flexibility index (Phi) is 6.66. The molecular weight excluding hydrogens is 470 g/mol. The molecule has 0 aliphatic rings. The Bertz CT molecular complexity index is 1550. The number of nitrogens with zero attached hydrogens (tertiary/aromatic N) is 1. The van der Waals surface area contributed by atoms with E-state index in [1.165, 1.54) is 0 Å². The Hall–Kier alpha value is -4.56. The molecule has 0 aliphatic carbocycles. The van der Waals surface area contributed by atoms with Crippen LogP contribution in [-0.4, -0.2) is 48.9 Å². The van der Waals surface area contributed by atoms with Gasteiger partial charge < -0.3 is 29.6 Å². The molecule has 1 amide bonds. The van der Waals surface area contributed by atoms with Crippen LogP contribution < -0.4 is 19.5 Å². The topological polar surface area (TPSA) is 106 Å². The Morgan fingerprint density at radius 1 is 0.919 bits per heavy atom. The second-order valence-electron chi connectivity index (χ2n) is 8.50. The van der Waals surface area contributed by atoms with Crippen LogP contribution in [0.1, 0.15) is 22.2 Å². The number of fused-ring (bicyclic) bond motifs is 3. The van der Waals surface area contributed by atoms with Gasteiger partial charge in [0.1, 0.15) is 5.69 Å². The average Bonchev–Trinajstić information content (AvgIpc) is 3.33. The molecule has 37 heavy (non-hydrogen) atoms. The SMILES string of the molecule is COc1cc(-c2nc(C(=O)NCC(O)c3ccccc3)cc3c2[nH]c2ccccc23)cc(OC)c1OC. The summed E-state index contributed by atoms with van der Waals surface area (Å²) in [4.78, 5) is 21.4. The first-order chi connectivity index (χ1) is 18.0. The molecule has 5 rings (SSSR count). The normalized spacial score (nSPS) is 11.9. The first-order valence-corrected chi connectivity index (χ1v) is 11.8. The summed E-state index contributed by atoms with van der Waals surface area (Å²) in [7, 11) is 4.65. The van der Waals surface area contributed by atoms with E-state index in [9.17, 15) is 9.90 Å². The third-order valence-corrected chi connectivity index (χ3v) is 6.31. The molecule has 3 aromatic carbocycles. The number of rotatable bonds is 8. The molecule has 2 aromatic heterocycles. The molecule has 5 aromatic rings. The number of ether oxygens (including phenoxy) is 3.